The van der Waals surface area contributed by atoms with Crippen LogP contribution in [-0.4, -0.2) is 94.6 Å². The highest BCUT2D eigenvalue weighted by atomic mass is 16.5. The van der Waals surface area contributed by atoms with E-state index in [9.17, 15) is 9.59 Å². The first-order chi connectivity index (χ1) is 15.1. The highest BCUT2D eigenvalue weighted by Gasteiger charge is 2.37. The molecule has 3 heterocycles. The summed E-state index contributed by atoms with van der Waals surface area (Å²) in [5.74, 6) is 0.813. The molecule has 172 valence electrons. The fourth-order valence-corrected chi connectivity index (χ4v) is 4.92. The van der Waals surface area contributed by atoms with E-state index in [-0.39, 0.29) is 11.8 Å². The summed E-state index contributed by atoms with van der Waals surface area (Å²) in [6.07, 6.45) is 12.3. The maximum Gasteiger partial charge on any atom is 0.225 e. The lowest BCUT2D eigenvalue weighted by atomic mass is 9.98. The van der Waals surface area contributed by atoms with E-state index >= 15 is 0 Å². The molecule has 2 aliphatic heterocycles. The third-order valence-electron chi connectivity index (χ3n) is 7.03. The molecule has 1 unspecified atom stereocenters. The van der Waals surface area contributed by atoms with Gasteiger partial charge >= 0.3 is 0 Å². The minimum Gasteiger partial charge on any atom is -0.381 e. The Morgan fingerprint density at radius 2 is 1.90 bits per heavy atom. The van der Waals surface area contributed by atoms with E-state index in [2.05, 4.69) is 14.8 Å². The first-order valence-electron chi connectivity index (χ1n) is 11.9. The predicted molar refractivity (Wildman–Crippen MR) is 117 cm³/mol. The van der Waals surface area contributed by atoms with Crippen LogP contribution in [0, 0.1) is 5.92 Å². The van der Waals surface area contributed by atoms with Crippen molar-refractivity contribution in [2.45, 2.75) is 63.6 Å². The molecule has 1 saturated carbocycles. The van der Waals surface area contributed by atoms with Gasteiger partial charge in [-0.15, -0.1) is 0 Å². The van der Waals surface area contributed by atoms with Gasteiger partial charge < -0.3 is 19.1 Å². The zero-order chi connectivity index (χ0) is 21.6. The number of aryl methyl sites for hydroxylation is 1. The molecule has 0 spiro atoms. The molecule has 4 rings (SSSR count). The number of ether oxygens (including phenoxy) is 1. The third kappa shape index (κ3) is 6.07. The Labute approximate surface area is 185 Å². The number of carbonyl (C=O) groups is 2. The average molecular weight is 432 g/mol. The molecule has 3 aliphatic rings. The number of hydrogen-bond donors (Lipinski definition) is 0. The van der Waals surface area contributed by atoms with Gasteiger partial charge in [0.25, 0.3) is 0 Å². The van der Waals surface area contributed by atoms with E-state index in [1.165, 1.54) is 0 Å². The Bertz CT molecular complexity index is 715. The summed E-state index contributed by atoms with van der Waals surface area (Å²) in [6, 6.07) is 0.859. The standard InChI is InChI=1S/C23H37N5O3/c1-25(22(29)6-11-26-12-9-24-18-26)13-14-28(20-7-15-31-16-8-20)21-3-2-10-27(17-21)23(30)19-4-5-19/h9,12,18-21H,2-8,10-11,13-17H2,1H3. The Morgan fingerprint density at radius 1 is 1.10 bits per heavy atom. The van der Waals surface area contributed by atoms with Crippen molar-refractivity contribution in [3.8, 4) is 0 Å². The van der Waals surface area contributed by atoms with E-state index in [0.29, 0.717) is 37.5 Å². The molecule has 1 aromatic rings. The number of carbonyl (C=O) groups excluding carboxylic acids is 2. The van der Waals surface area contributed by atoms with Crippen LogP contribution in [0.5, 0.6) is 0 Å². The number of likely N-dealkylation sites (N-methyl/N-ethyl adjacent to an activating group) is 1. The maximum atomic E-state index is 12.7. The minimum absolute atomic E-state index is 0.162. The minimum atomic E-state index is 0.162. The molecule has 1 atom stereocenters. The van der Waals surface area contributed by atoms with Crippen LogP contribution >= 0.6 is 0 Å². The molecule has 3 fully saturated rings. The van der Waals surface area contributed by atoms with E-state index in [4.69, 9.17) is 4.74 Å². The average Bonchev–Trinajstić information content (AvgIpc) is 3.53. The van der Waals surface area contributed by atoms with Crippen LogP contribution < -0.4 is 0 Å². The summed E-state index contributed by atoms with van der Waals surface area (Å²) in [4.78, 5) is 35.9. The topological polar surface area (TPSA) is 70.9 Å². The highest BCUT2D eigenvalue weighted by molar-refractivity contribution is 5.81. The van der Waals surface area contributed by atoms with Crippen LogP contribution in [0.4, 0.5) is 0 Å². The van der Waals surface area contributed by atoms with E-state index in [0.717, 1.165) is 71.4 Å². The van der Waals surface area contributed by atoms with Crippen molar-refractivity contribution in [2.75, 3.05) is 46.4 Å². The second-order valence-corrected chi connectivity index (χ2v) is 9.30. The smallest absolute Gasteiger partial charge is 0.225 e. The van der Waals surface area contributed by atoms with Crippen LogP contribution in [0.2, 0.25) is 0 Å². The summed E-state index contributed by atoms with van der Waals surface area (Å²) in [5, 5.41) is 0. The molecule has 0 radical (unpaired) electrons. The van der Waals surface area contributed by atoms with Crippen molar-refractivity contribution < 1.29 is 14.3 Å². The monoisotopic (exact) mass is 431 g/mol. The Morgan fingerprint density at radius 3 is 2.61 bits per heavy atom. The molecule has 2 amide bonds. The van der Waals surface area contributed by atoms with Crippen molar-refractivity contribution in [3.63, 3.8) is 0 Å². The molecule has 8 heteroatoms. The molecule has 1 aromatic heterocycles. The molecule has 0 aromatic carbocycles. The second kappa shape index (κ2) is 10.6. The number of amides is 2. The first kappa shape index (κ1) is 22.3. The molecule has 1 aliphatic carbocycles. The Hall–Kier alpha value is -1.93. The summed E-state index contributed by atoms with van der Waals surface area (Å²) >= 11 is 0. The third-order valence-corrected chi connectivity index (χ3v) is 7.03. The number of piperidine rings is 1. The maximum absolute atomic E-state index is 12.7. The molecule has 0 N–H and O–H groups in total. The van der Waals surface area contributed by atoms with E-state index < -0.39 is 0 Å². The molecule has 8 nitrogen and oxygen atoms in total. The summed E-state index contributed by atoms with van der Waals surface area (Å²) in [6.45, 7) is 5.58. The van der Waals surface area contributed by atoms with Gasteiger partial charge in [-0.1, -0.05) is 0 Å². The Kier molecular flexibility index (Phi) is 7.61. The summed E-state index contributed by atoms with van der Waals surface area (Å²) in [5.41, 5.74) is 0. The van der Waals surface area contributed by atoms with Gasteiger partial charge in [-0.3, -0.25) is 14.5 Å². The van der Waals surface area contributed by atoms with Crippen LogP contribution in [0.15, 0.2) is 18.7 Å². The fourth-order valence-electron chi connectivity index (χ4n) is 4.92. The van der Waals surface area contributed by atoms with Crippen molar-refractivity contribution in [1.29, 1.82) is 0 Å². The lowest BCUT2D eigenvalue weighted by Crippen LogP contribution is -2.55. The number of likely N-dealkylation sites (tertiary alicyclic amines) is 1. The van der Waals surface area contributed by atoms with Gasteiger partial charge in [0, 0.05) is 89.8 Å². The van der Waals surface area contributed by atoms with Gasteiger partial charge in [-0.05, 0) is 38.5 Å². The van der Waals surface area contributed by atoms with Gasteiger partial charge in [0.05, 0.1) is 6.33 Å². The van der Waals surface area contributed by atoms with Gasteiger partial charge in [0.2, 0.25) is 11.8 Å². The summed E-state index contributed by atoms with van der Waals surface area (Å²) in [7, 11) is 1.90. The lowest BCUT2D eigenvalue weighted by Gasteiger charge is -2.44. The molecular formula is C23H37N5O3. The molecule has 31 heavy (non-hydrogen) atoms. The van der Waals surface area contributed by atoms with E-state index in [1.54, 1.807) is 12.5 Å². The fraction of sp³-hybridized carbons (Fsp3) is 0.783. The zero-order valence-corrected chi connectivity index (χ0v) is 18.8. The van der Waals surface area contributed by atoms with Crippen molar-refractivity contribution >= 4 is 11.8 Å². The molecule has 0 bridgehead atoms. The first-order valence-corrected chi connectivity index (χ1v) is 11.9. The van der Waals surface area contributed by atoms with Crippen LogP contribution in [0.1, 0.15) is 44.9 Å². The number of imidazole rings is 1. The highest BCUT2D eigenvalue weighted by Crippen LogP contribution is 2.33. The number of rotatable bonds is 9. The largest absolute Gasteiger partial charge is 0.381 e. The number of aromatic nitrogens is 2. The van der Waals surface area contributed by atoms with Gasteiger partial charge in [-0.25, -0.2) is 4.98 Å². The van der Waals surface area contributed by atoms with Gasteiger partial charge in [-0.2, -0.15) is 0 Å². The van der Waals surface area contributed by atoms with Gasteiger partial charge in [0.1, 0.15) is 0 Å². The summed E-state index contributed by atoms with van der Waals surface area (Å²) < 4.78 is 7.54. The van der Waals surface area contributed by atoms with Crippen LogP contribution in [0.3, 0.4) is 0 Å². The van der Waals surface area contributed by atoms with Crippen LogP contribution in [0.25, 0.3) is 0 Å². The van der Waals surface area contributed by atoms with Gasteiger partial charge in [0.15, 0.2) is 0 Å². The number of hydrogen-bond acceptors (Lipinski definition) is 5. The van der Waals surface area contributed by atoms with Crippen molar-refractivity contribution in [2.24, 2.45) is 5.92 Å². The van der Waals surface area contributed by atoms with Crippen molar-refractivity contribution in [1.82, 2.24) is 24.3 Å². The predicted octanol–water partition coefficient (Wildman–Crippen LogP) is 1.61. The second-order valence-electron chi connectivity index (χ2n) is 9.30. The SMILES string of the molecule is CN(CCN(C1CCOCC1)C1CCCN(C(=O)C2CC2)C1)C(=O)CCn1ccnc1. The lowest BCUT2D eigenvalue weighted by molar-refractivity contribution is -0.135. The van der Waals surface area contributed by atoms with Crippen LogP contribution in [-0.2, 0) is 20.9 Å². The molecule has 2 saturated heterocycles. The molecular weight excluding hydrogens is 394 g/mol. The normalized spacial score (nSPS) is 22.6. The Balaban J connectivity index is 1.33. The number of nitrogens with zero attached hydrogens (tertiary/aromatic N) is 5. The quantitative estimate of drug-likeness (QED) is 0.594. The zero-order valence-electron chi connectivity index (χ0n) is 18.8. The van der Waals surface area contributed by atoms with E-state index in [1.807, 2.05) is 22.7 Å². The van der Waals surface area contributed by atoms with Crippen molar-refractivity contribution in [3.05, 3.63) is 18.7 Å².